The summed E-state index contributed by atoms with van der Waals surface area (Å²) in [4.78, 5) is 0. The summed E-state index contributed by atoms with van der Waals surface area (Å²) < 4.78 is 17.7. The summed E-state index contributed by atoms with van der Waals surface area (Å²) in [6.45, 7) is 4.69. The molecule has 0 aliphatic rings. The topological polar surface area (TPSA) is 27.7 Å². The van der Waals surface area contributed by atoms with Crippen LogP contribution in [-0.2, 0) is 24.4 Å². The first kappa shape index (κ1) is 20.9. The Bertz CT molecular complexity index is 831. The van der Waals surface area contributed by atoms with Gasteiger partial charge in [0.05, 0.1) is 0 Å². The number of unbranched alkanes of at least 4 members (excludes halogenated alkanes) is 1. The number of benzene rings is 3. The fourth-order valence-electron chi connectivity index (χ4n) is 3.09. The summed E-state index contributed by atoms with van der Waals surface area (Å²) >= 11 is 0. The highest BCUT2D eigenvalue weighted by molar-refractivity contribution is 5.43. The maximum atomic E-state index is 6.15. The van der Waals surface area contributed by atoms with Crippen molar-refractivity contribution in [3.8, 4) is 11.5 Å². The van der Waals surface area contributed by atoms with Crippen molar-refractivity contribution in [2.24, 2.45) is 0 Å². The lowest BCUT2D eigenvalue weighted by Gasteiger charge is -2.15. The molecule has 0 spiro atoms. The molecule has 152 valence electrons. The SMILES string of the molecule is CCOCCCCc1ccc(OCc2ccccc2)c(OCc2ccccc2)c1. The first-order chi connectivity index (χ1) is 14.3. The van der Waals surface area contributed by atoms with Gasteiger partial charge in [-0.05, 0) is 55.0 Å². The third kappa shape index (κ3) is 7.28. The molecule has 0 fully saturated rings. The minimum absolute atomic E-state index is 0.524. The van der Waals surface area contributed by atoms with E-state index in [1.807, 2.05) is 49.4 Å². The van der Waals surface area contributed by atoms with E-state index >= 15 is 0 Å². The van der Waals surface area contributed by atoms with Crippen LogP contribution in [0, 0.1) is 0 Å². The van der Waals surface area contributed by atoms with Crippen LogP contribution in [0.4, 0.5) is 0 Å². The van der Waals surface area contributed by atoms with Crippen molar-refractivity contribution in [2.45, 2.75) is 39.4 Å². The lowest BCUT2D eigenvalue weighted by atomic mass is 10.1. The molecule has 0 aromatic heterocycles. The lowest BCUT2D eigenvalue weighted by Crippen LogP contribution is -2.01. The van der Waals surface area contributed by atoms with E-state index in [0.29, 0.717) is 13.2 Å². The molecule has 0 bridgehead atoms. The van der Waals surface area contributed by atoms with Crippen LogP contribution in [0.25, 0.3) is 0 Å². The minimum atomic E-state index is 0.524. The highest BCUT2D eigenvalue weighted by atomic mass is 16.5. The Hall–Kier alpha value is -2.78. The van der Waals surface area contributed by atoms with Crippen molar-refractivity contribution in [1.29, 1.82) is 0 Å². The molecular weight excluding hydrogens is 360 g/mol. The molecule has 29 heavy (non-hydrogen) atoms. The van der Waals surface area contributed by atoms with Crippen molar-refractivity contribution in [3.63, 3.8) is 0 Å². The Balaban J connectivity index is 1.65. The minimum Gasteiger partial charge on any atom is -0.485 e. The lowest BCUT2D eigenvalue weighted by molar-refractivity contribution is 0.143. The van der Waals surface area contributed by atoms with Gasteiger partial charge in [0.25, 0.3) is 0 Å². The third-order valence-electron chi connectivity index (χ3n) is 4.69. The zero-order valence-electron chi connectivity index (χ0n) is 17.2. The molecule has 0 amide bonds. The molecule has 0 saturated carbocycles. The van der Waals surface area contributed by atoms with Crippen molar-refractivity contribution in [2.75, 3.05) is 13.2 Å². The predicted octanol–water partition coefficient (Wildman–Crippen LogP) is 6.20. The summed E-state index contributed by atoms with van der Waals surface area (Å²) in [5.41, 5.74) is 3.54. The number of ether oxygens (including phenoxy) is 3. The fourth-order valence-corrected chi connectivity index (χ4v) is 3.09. The monoisotopic (exact) mass is 390 g/mol. The molecule has 0 aliphatic heterocycles. The van der Waals surface area contributed by atoms with E-state index in [9.17, 15) is 0 Å². The van der Waals surface area contributed by atoms with Gasteiger partial charge in [0.2, 0.25) is 0 Å². The molecule has 0 heterocycles. The molecule has 3 rings (SSSR count). The van der Waals surface area contributed by atoms with Crippen molar-refractivity contribution in [1.82, 2.24) is 0 Å². The van der Waals surface area contributed by atoms with Gasteiger partial charge < -0.3 is 14.2 Å². The highest BCUT2D eigenvalue weighted by Gasteiger charge is 2.08. The van der Waals surface area contributed by atoms with Gasteiger partial charge in [0.1, 0.15) is 13.2 Å². The first-order valence-electron chi connectivity index (χ1n) is 10.4. The van der Waals surface area contributed by atoms with Gasteiger partial charge in [-0.3, -0.25) is 0 Å². The van der Waals surface area contributed by atoms with Gasteiger partial charge in [-0.1, -0.05) is 66.7 Å². The number of hydrogen-bond acceptors (Lipinski definition) is 3. The molecule has 0 radical (unpaired) electrons. The Labute approximate surface area is 174 Å². The van der Waals surface area contributed by atoms with Crippen molar-refractivity contribution in [3.05, 3.63) is 95.6 Å². The molecule has 0 atom stereocenters. The number of aryl methyl sites for hydroxylation is 1. The zero-order chi connectivity index (χ0) is 20.2. The normalized spacial score (nSPS) is 10.7. The van der Waals surface area contributed by atoms with Crippen LogP contribution in [0.2, 0.25) is 0 Å². The number of rotatable bonds is 12. The van der Waals surface area contributed by atoms with E-state index in [0.717, 1.165) is 55.1 Å². The van der Waals surface area contributed by atoms with Crippen LogP contribution < -0.4 is 9.47 Å². The number of hydrogen-bond donors (Lipinski definition) is 0. The van der Waals surface area contributed by atoms with E-state index in [1.165, 1.54) is 5.56 Å². The second kappa shape index (κ2) is 11.9. The van der Waals surface area contributed by atoms with Crippen LogP contribution >= 0.6 is 0 Å². The van der Waals surface area contributed by atoms with Gasteiger partial charge in [-0.2, -0.15) is 0 Å². The maximum absolute atomic E-state index is 6.15. The maximum Gasteiger partial charge on any atom is 0.161 e. The van der Waals surface area contributed by atoms with E-state index in [4.69, 9.17) is 14.2 Å². The van der Waals surface area contributed by atoms with Crippen LogP contribution in [-0.4, -0.2) is 13.2 Å². The molecule has 0 N–H and O–H groups in total. The predicted molar refractivity (Wildman–Crippen MR) is 117 cm³/mol. The zero-order valence-corrected chi connectivity index (χ0v) is 17.2. The van der Waals surface area contributed by atoms with E-state index in [-0.39, 0.29) is 0 Å². The van der Waals surface area contributed by atoms with E-state index < -0.39 is 0 Å². The Kier molecular flexibility index (Phi) is 8.61. The van der Waals surface area contributed by atoms with E-state index in [2.05, 4.69) is 36.4 Å². The molecule has 3 aromatic carbocycles. The molecule has 0 saturated heterocycles. The van der Waals surface area contributed by atoms with Crippen molar-refractivity contribution < 1.29 is 14.2 Å². The Morgan fingerprint density at radius 1 is 0.621 bits per heavy atom. The largest absolute Gasteiger partial charge is 0.485 e. The molecule has 3 heteroatoms. The second-order valence-corrected chi connectivity index (χ2v) is 6.98. The Morgan fingerprint density at radius 3 is 1.86 bits per heavy atom. The van der Waals surface area contributed by atoms with Gasteiger partial charge in [-0.15, -0.1) is 0 Å². The van der Waals surface area contributed by atoms with E-state index in [1.54, 1.807) is 0 Å². The van der Waals surface area contributed by atoms with Gasteiger partial charge >= 0.3 is 0 Å². The highest BCUT2D eigenvalue weighted by Crippen LogP contribution is 2.30. The summed E-state index contributed by atoms with van der Waals surface area (Å²) in [6.07, 6.45) is 3.18. The average molecular weight is 391 g/mol. The summed E-state index contributed by atoms with van der Waals surface area (Å²) in [5.74, 6) is 1.58. The van der Waals surface area contributed by atoms with Crippen LogP contribution in [0.1, 0.15) is 36.5 Å². The third-order valence-corrected chi connectivity index (χ3v) is 4.69. The first-order valence-corrected chi connectivity index (χ1v) is 10.4. The van der Waals surface area contributed by atoms with Gasteiger partial charge in [-0.25, -0.2) is 0 Å². The quantitative estimate of drug-likeness (QED) is 0.344. The molecular formula is C26H30O3. The van der Waals surface area contributed by atoms with Crippen molar-refractivity contribution >= 4 is 0 Å². The smallest absolute Gasteiger partial charge is 0.161 e. The molecule has 0 unspecified atom stereocenters. The summed E-state index contributed by atoms with van der Waals surface area (Å²) in [6, 6.07) is 26.7. The molecule has 0 aliphatic carbocycles. The van der Waals surface area contributed by atoms with Crippen LogP contribution in [0.15, 0.2) is 78.9 Å². The standard InChI is InChI=1S/C26H30O3/c1-2-27-18-10-9-11-22-16-17-25(28-20-23-12-5-3-6-13-23)26(19-22)29-21-24-14-7-4-8-15-24/h3-8,12-17,19H,2,9-11,18,20-21H2,1H3. The Morgan fingerprint density at radius 2 is 1.24 bits per heavy atom. The summed E-state index contributed by atoms with van der Waals surface area (Å²) in [5, 5.41) is 0. The summed E-state index contributed by atoms with van der Waals surface area (Å²) in [7, 11) is 0. The fraction of sp³-hybridized carbons (Fsp3) is 0.308. The second-order valence-electron chi connectivity index (χ2n) is 6.98. The van der Waals surface area contributed by atoms with Crippen LogP contribution in [0.5, 0.6) is 11.5 Å². The van der Waals surface area contributed by atoms with Crippen LogP contribution in [0.3, 0.4) is 0 Å². The van der Waals surface area contributed by atoms with Gasteiger partial charge in [0.15, 0.2) is 11.5 Å². The van der Waals surface area contributed by atoms with Gasteiger partial charge in [0, 0.05) is 13.2 Å². The molecule has 3 aromatic rings. The molecule has 3 nitrogen and oxygen atoms in total. The average Bonchev–Trinajstić information content (AvgIpc) is 2.78.